The number of ether oxygens (including phenoxy) is 1. The van der Waals surface area contributed by atoms with Gasteiger partial charge in [0.2, 0.25) is 0 Å². The molecule has 108 valence electrons. The lowest BCUT2D eigenvalue weighted by Gasteiger charge is -2.09. The highest BCUT2D eigenvalue weighted by Crippen LogP contribution is 2.23. The van der Waals surface area contributed by atoms with Crippen molar-refractivity contribution in [1.82, 2.24) is 9.38 Å². The van der Waals surface area contributed by atoms with E-state index in [9.17, 15) is 5.11 Å². The van der Waals surface area contributed by atoms with E-state index in [-0.39, 0.29) is 12.7 Å². The van der Waals surface area contributed by atoms with Crippen LogP contribution in [0.4, 0.5) is 0 Å². The van der Waals surface area contributed by atoms with E-state index in [2.05, 4.69) is 4.98 Å². The monoisotopic (exact) mass is 282 g/mol. The Morgan fingerprint density at radius 3 is 2.62 bits per heavy atom. The molecule has 0 aliphatic rings. The number of pyridine rings is 1. The van der Waals surface area contributed by atoms with E-state index >= 15 is 0 Å². The summed E-state index contributed by atoms with van der Waals surface area (Å²) in [4.78, 5) is 4.59. The van der Waals surface area contributed by atoms with Crippen LogP contribution < -0.4 is 4.74 Å². The van der Waals surface area contributed by atoms with E-state index in [1.54, 1.807) is 0 Å². The van der Waals surface area contributed by atoms with Crippen molar-refractivity contribution in [2.24, 2.45) is 0 Å². The maximum Gasteiger partial charge on any atom is 0.137 e. The first-order chi connectivity index (χ1) is 10.2. The molecule has 2 aromatic heterocycles. The van der Waals surface area contributed by atoms with E-state index in [0.29, 0.717) is 0 Å². The second-order valence-corrected chi connectivity index (χ2v) is 5.28. The number of aliphatic hydroxyl groups excluding tert-OH is 1. The van der Waals surface area contributed by atoms with E-state index in [1.165, 1.54) is 0 Å². The fourth-order valence-electron chi connectivity index (χ4n) is 2.24. The van der Waals surface area contributed by atoms with Gasteiger partial charge >= 0.3 is 0 Å². The second-order valence-electron chi connectivity index (χ2n) is 5.28. The Balaban J connectivity index is 1.92. The summed E-state index contributed by atoms with van der Waals surface area (Å²) in [5.41, 5.74) is 3.64. The predicted molar refractivity (Wildman–Crippen MR) is 82.3 cm³/mol. The molecule has 0 bridgehead atoms. The smallest absolute Gasteiger partial charge is 0.137 e. The fraction of sp³-hybridized carbons (Fsp3) is 0.235. The van der Waals surface area contributed by atoms with Gasteiger partial charge in [-0.15, -0.1) is 0 Å². The molecule has 21 heavy (non-hydrogen) atoms. The lowest BCUT2D eigenvalue weighted by molar-refractivity contribution is 0.242. The van der Waals surface area contributed by atoms with Crippen LogP contribution in [-0.4, -0.2) is 20.6 Å². The van der Waals surface area contributed by atoms with Crippen LogP contribution in [0.3, 0.4) is 0 Å². The molecule has 0 spiro atoms. The molecule has 1 N–H and O–H groups in total. The molecular weight excluding hydrogens is 264 g/mol. The molecular formula is C17H18N2O2. The summed E-state index contributed by atoms with van der Waals surface area (Å²) in [6.45, 7) is 4.05. The van der Waals surface area contributed by atoms with Crippen molar-refractivity contribution >= 4 is 5.65 Å². The molecule has 0 radical (unpaired) electrons. The molecule has 0 saturated carbocycles. The highest BCUT2D eigenvalue weighted by Gasteiger charge is 2.06. The van der Waals surface area contributed by atoms with Gasteiger partial charge in [0.25, 0.3) is 0 Å². The summed E-state index contributed by atoms with van der Waals surface area (Å²) < 4.78 is 7.59. The molecule has 3 rings (SSSR count). The molecule has 4 nitrogen and oxygen atoms in total. The lowest BCUT2D eigenvalue weighted by atomic mass is 10.1. The predicted octanol–water partition coefficient (Wildman–Crippen LogP) is 3.28. The fourth-order valence-corrected chi connectivity index (χ4v) is 2.24. The van der Waals surface area contributed by atoms with Gasteiger partial charge in [0.1, 0.15) is 11.4 Å². The number of rotatable bonds is 4. The third-order valence-corrected chi connectivity index (χ3v) is 3.23. The van der Waals surface area contributed by atoms with Crippen LogP contribution in [-0.2, 0) is 6.61 Å². The van der Waals surface area contributed by atoms with Gasteiger partial charge < -0.3 is 14.2 Å². The van der Waals surface area contributed by atoms with Gasteiger partial charge in [0.05, 0.1) is 18.4 Å². The zero-order valence-corrected chi connectivity index (χ0v) is 12.2. The molecule has 0 aliphatic carbocycles. The Morgan fingerprint density at radius 2 is 1.95 bits per heavy atom. The van der Waals surface area contributed by atoms with Crippen molar-refractivity contribution in [2.75, 3.05) is 0 Å². The number of hydrogen-bond donors (Lipinski definition) is 1. The van der Waals surface area contributed by atoms with Gasteiger partial charge in [0.15, 0.2) is 0 Å². The summed E-state index contributed by atoms with van der Waals surface area (Å²) in [5.74, 6) is 0.861. The van der Waals surface area contributed by atoms with Crippen LogP contribution in [0.5, 0.6) is 5.75 Å². The molecule has 0 unspecified atom stereocenters. The highest BCUT2D eigenvalue weighted by atomic mass is 16.5. The number of benzene rings is 1. The van der Waals surface area contributed by atoms with Gasteiger partial charge in [-0.1, -0.05) is 0 Å². The molecule has 2 heterocycles. The average molecular weight is 282 g/mol. The molecule has 4 heteroatoms. The molecule has 0 saturated heterocycles. The molecule has 0 amide bonds. The molecule has 3 aromatic rings. The summed E-state index contributed by atoms with van der Waals surface area (Å²) >= 11 is 0. The van der Waals surface area contributed by atoms with Crippen molar-refractivity contribution in [3.05, 3.63) is 54.4 Å². The number of aliphatic hydroxyl groups is 1. The van der Waals surface area contributed by atoms with E-state index in [1.807, 2.05) is 67.0 Å². The van der Waals surface area contributed by atoms with Crippen LogP contribution in [0.2, 0.25) is 0 Å². The Kier molecular flexibility index (Phi) is 3.62. The van der Waals surface area contributed by atoms with Crippen molar-refractivity contribution < 1.29 is 9.84 Å². The molecule has 0 aliphatic heterocycles. The summed E-state index contributed by atoms with van der Waals surface area (Å²) in [5, 5.41) is 9.17. The summed E-state index contributed by atoms with van der Waals surface area (Å²) in [7, 11) is 0. The van der Waals surface area contributed by atoms with Crippen molar-refractivity contribution in [2.45, 2.75) is 26.6 Å². The zero-order chi connectivity index (χ0) is 14.8. The minimum Gasteiger partial charge on any atom is -0.491 e. The van der Waals surface area contributed by atoms with E-state index in [0.717, 1.165) is 28.2 Å². The second kappa shape index (κ2) is 5.58. The third kappa shape index (κ3) is 2.90. The van der Waals surface area contributed by atoms with Crippen LogP contribution in [0.1, 0.15) is 19.4 Å². The molecule has 0 atom stereocenters. The molecule has 1 aromatic carbocycles. The first-order valence-corrected chi connectivity index (χ1v) is 7.01. The van der Waals surface area contributed by atoms with Crippen LogP contribution in [0.25, 0.3) is 16.9 Å². The number of fused-ring (bicyclic) bond motifs is 1. The van der Waals surface area contributed by atoms with Crippen LogP contribution in [0.15, 0.2) is 48.8 Å². The Morgan fingerprint density at radius 1 is 1.19 bits per heavy atom. The largest absolute Gasteiger partial charge is 0.491 e. The van der Waals surface area contributed by atoms with Crippen LogP contribution in [0, 0.1) is 0 Å². The maximum atomic E-state index is 9.17. The van der Waals surface area contributed by atoms with E-state index < -0.39 is 0 Å². The molecule has 0 fully saturated rings. The number of nitrogens with zero attached hydrogens (tertiary/aromatic N) is 2. The Hall–Kier alpha value is -2.33. The maximum absolute atomic E-state index is 9.17. The van der Waals surface area contributed by atoms with Gasteiger partial charge in [-0.05, 0) is 55.8 Å². The Labute approximate surface area is 123 Å². The third-order valence-electron chi connectivity index (χ3n) is 3.23. The van der Waals surface area contributed by atoms with E-state index in [4.69, 9.17) is 4.74 Å². The van der Waals surface area contributed by atoms with Gasteiger partial charge in [-0.2, -0.15) is 0 Å². The Bertz CT molecular complexity index is 745. The van der Waals surface area contributed by atoms with Crippen molar-refractivity contribution in [3.63, 3.8) is 0 Å². The minimum atomic E-state index is 0.0277. The standard InChI is InChI=1S/C17H18N2O2/c1-12(2)21-15-5-3-14(4-6-15)16-10-19-8-7-13(11-20)9-17(19)18-16/h3-10,12,20H,11H2,1-2H3. The number of imidazole rings is 1. The van der Waals surface area contributed by atoms with Gasteiger partial charge in [-0.3, -0.25) is 0 Å². The minimum absolute atomic E-state index is 0.0277. The topological polar surface area (TPSA) is 46.8 Å². The quantitative estimate of drug-likeness (QED) is 0.798. The SMILES string of the molecule is CC(C)Oc1ccc(-c2cn3ccc(CO)cc3n2)cc1. The first-order valence-electron chi connectivity index (χ1n) is 7.01. The summed E-state index contributed by atoms with van der Waals surface area (Å²) in [6.07, 6.45) is 4.06. The zero-order valence-electron chi connectivity index (χ0n) is 12.2. The van der Waals surface area contributed by atoms with Crippen LogP contribution >= 0.6 is 0 Å². The average Bonchev–Trinajstić information content (AvgIpc) is 2.90. The lowest BCUT2D eigenvalue weighted by Crippen LogP contribution is -2.05. The van der Waals surface area contributed by atoms with Crippen molar-refractivity contribution in [3.8, 4) is 17.0 Å². The van der Waals surface area contributed by atoms with Gasteiger partial charge in [-0.25, -0.2) is 4.98 Å². The summed E-state index contributed by atoms with van der Waals surface area (Å²) in [6, 6.07) is 11.7. The normalized spacial score (nSPS) is 11.2. The number of hydrogen-bond acceptors (Lipinski definition) is 3. The first kappa shape index (κ1) is 13.6. The number of aromatic nitrogens is 2. The highest BCUT2D eigenvalue weighted by molar-refractivity contribution is 5.63. The van der Waals surface area contributed by atoms with Gasteiger partial charge in [0, 0.05) is 18.0 Å². The van der Waals surface area contributed by atoms with Crippen molar-refractivity contribution in [1.29, 1.82) is 0 Å².